The van der Waals surface area contributed by atoms with Gasteiger partial charge in [-0.25, -0.2) is 4.79 Å². The van der Waals surface area contributed by atoms with Crippen molar-refractivity contribution >= 4 is 28.2 Å². The molecular formula is C7H9N3O2S. The molecule has 70 valence electrons. The lowest BCUT2D eigenvalue weighted by molar-refractivity contribution is -0.130. The van der Waals surface area contributed by atoms with E-state index in [9.17, 15) is 4.79 Å². The molecule has 0 radical (unpaired) electrons. The van der Waals surface area contributed by atoms with Crippen molar-refractivity contribution < 1.29 is 9.90 Å². The van der Waals surface area contributed by atoms with E-state index in [2.05, 4.69) is 9.36 Å². The van der Waals surface area contributed by atoms with Crippen molar-refractivity contribution in [1.29, 1.82) is 0 Å². The highest BCUT2D eigenvalue weighted by Gasteiger charge is 2.14. The van der Waals surface area contributed by atoms with Gasteiger partial charge in [0.1, 0.15) is 5.57 Å². The zero-order valence-electron chi connectivity index (χ0n) is 7.02. The van der Waals surface area contributed by atoms with Crippen LogP contribution in [-0.4, -0.2) is 20.4 Å². The van der Waals surface area contributed by atoms with Crippen LogP contribution in [0.3, 0.4) is 0 Å². The molecule has 5 nitrogen and oxygen atoms in total. The zero-order chi connectivity index (χ0) is 9.84. The molecule has 0 fully saturated rings. The summed E-state index contributed by atoms with van der Waals surface area (Å²) in [5.74, 6) is -0.837. The number of rotatable bonds is 3. The maximum atomic E-state index is 10.7. The third-order valence-electron chi connectivity index (χ3n) is 1.32. The topological polar surface area (TPSA) is 89.1 Å². The summed E-state index contributed by atoms with van der Waals surface area (Å²) in [6.07, 6.45) is 2.19. The Bertz CT molecular complexity index is 345. The molecule has 13 heavy (non-hydrogen) atoms. The van der Waals surface area contributed by atoms with Crippen LogP contribution in [0.5, 0.6) is 0 Å². The highest BCUT2D eigenvalue weighted by atomic mass is 32.1. The lowest BCUT2D eigenvalue weighted by Crippen LogP contribution is -2.01. The first kappa shape index (κ1) is 9.66. The molecule has 1 heterocycles. The Labute approximate surface area is 79.1 Å². The summed E-state index contributed by atoms with van der Waals surface area (Å²) in [7, 11) is 0. The molecule has 0 aliphatic carbocycles. The van der Waals surface area contributed by atoms with Gasteiger partial charge in [0, 0.05) is 11.5 Å². The molecule has 1 aromatic rings. The molecule has 0 atom stereocenters. The Hall–Kier alpha value is -1.43. The number of aliphatic carboxylic acids is 1. The molecule has 0 aromatic carbocycles. The number of carboxylic acids is 1. The number of carbonyl (C=O) groups is 1. The third-order valence-corrected chi connectivity index (χ3v) is 1.86. The van der Waals surface area contributed by atoms with E-state index in [1.807, 2.05) is 6.92 Å². The van der Waals surface area contributed by atoms with Gasteiger partial charge in [-0.1, -0.05) is 13.0 Å². The molecule has 0 bridgehead atoms. The van der Waals surface area contributed by atoms with Gasteiger partial charge in [-0.05, 0) is 6.42 Å². The molecule has 0 unspecified atom stereocenters. The van der Waals surface area contributed by atoms with Crippen LogP contribution in [0.15, 0.2) is 6.08 Å². The van der Waals surface area contributed by atoms with Crippen molar-refractivity contribution in [3.63, 3.8) is 0 Å². The Kier molecular flexibility index (Phi) is 2.97. The summed E-state index contributed by atoms with van der Waals surface area (Å²) in [5, 5.41) is 9.06. The molecule has 0 saturated heterocycles. The minimum Gasteiger partial charge on any atom is -0.478 e. The van der Waals surface area contributed by atoms with E-state index >= 15 is 0 Å². The maximum absolute atomic E-state index is 10.7. The fourth-order valence-corrected chi connectivity index (χ4v) is 1.27. The maximum Gasteiger partial charge on any atom is 0.339 e. The summed E-state index contributed by atoms with van der Waals surface area (Å²) >= 11 is 0.988. The van der Waals surface area contributed by atoms with Crippen LogP contribution in [0, 0.1) is 0 Å². The van der Waals surface area contributed by atoms with E-state index in [0.29, 0.717) is 6.42 Å². The number of carboxylic acid groups (broad SMARTS) is 1. The summed E-state index contributed by atoms with van der Waals surface area (Å²) < 4.78 is 3.81. The van der Waals surface area contributed by atoms with Crippen LogP contribution in [0.2, 0.25) is 0 Å². The van der Waals surface area contributed by atoms with E-state index in [-0.39, 0.29) is 16.5 Å². The summed E-state index contributed by atoms with van der Waals surface area (Å²) in [4.78, 5) is 14.5. The van der Waals surface area contributed by atoms with Crippen LogP contribution in [0.4, 0.5) is 5.13 Å². The van der Waals surface area contributed by atoms with E-state index in [0.717, 1.165) is 11.5 Å². The van der Waals surface area contributed by atoms with Gasteiger partial charge in [0.25, 0.3) is 0 Å². The molecule has 0 aliphatic rings. The molecule has 6 heteroatoms. The average molecular weight is 199 g/mol. The highest BCUT2D eigenvalue weighted by Crippen LogP contribution is 2.15. The quantitative estimate of drug-likeness (QED) is 0.709. The Morgan fingerprint density at radius 2 is 2.46 bits per heavy atom. The van der Waals surface area contributed by atoms with Crippen molar-refractivity contribution in [2.75, 3.05) is 5.73 Å². The number of allylic oxidation sites excluding steroid dienone is 1. The lowest BCUT2D eigenvalue weighted by atomic mass is 10.2. The molecule has 0 aliphatic heterocycles. The zero-order valence-corrected chi connectivity index (χ0v) is 7.84. The van der Waals surface area contributed by atoms with Crippen molar-refractivity contribution in [3.05, 3.63) is 11.9 Å². The highest BCUT2D eigenvalue weighted by molar-refractivity contribution is 7.09. The first-order chi connectivity index (χ1) is 6.15. The number of hydrogen-bond acceptors (Lipinski definition) is 5. The molecule has 3 N–H and O–H groups in total. The minimum atomic E-state index is -1.03. The van der Waals surface area contributed by atoms with Gasteiger partial charge in [0.15, 0.2) is 11.0 Å². The second-order valence-electron chi connectivity index (χ2n) is 2.29. The minimum absolute atomic E-state index is 0.107. The molecule has 0 amide bonds. The van der Waals surface area contributed by atoms with Gasteiger partial charge < -0.3 is 10.8 Å². The van der Waals surface area contributed by atoms with Gasteiger partial charge in [-0.2, -0.15) is 9.36 Å². The average Bonchev–Trinajstić information content (AvgIpc) is 2.46. The van der Waals surface area contributed by atoms with Crippen LogP contribution in [0.25, 0.3) is 5.57 Å². The monoisotopic (exact) mass is 199 g/mol. The van der Waals surface area contributed by atoms with Crippen LogP contribution < -0.4 is 5.73 Å². The van der Waals surface area contributed by atoms with Crippen molar-refractivity contribution in [2.45, 2.75) is 13.3 Å². The first-order valence-electron chi connectivity index (χ1n) is 3.68. The van der Waals surface area contributed by atoms with E-state index in [1.54, 1.807) is 6.08 Å². The fourth-order valence-electron chi connectivity index (χ4n) is 0.823. The molecule has 0 saturated carbocycles. The van der Waals surface area contributed by atoms with E-state index in [1.165, 1.54) is 0 Å². The van der Waals surface area contributed by atoms with Crippen molar-refractivity contribution in [3.8, 4) is 0 Å². The predicted octanol–water partition coefficient (Wildman–Crippen LogP) is 0.998. The van der Waals surface area contributed by atoms with Gasteiger partial charge >= 0.3 is 5.97 Å². The van der Waals surface area contributed by atoms with Crippen LogP contribution in [0.1, 0.15) is 19.2 Å². The van der Waals surface area contributed by atoms with Gasteiger partial charge in [0.2, 0.25) is 0 Å². The second-order valence-corrected chi connectivity index (χ2v) is 3.07. The Balaban J connectivity index is 3.02. The molecule has 1 rings (SSSR count). The largest absolute Gasteiger partial charge is 0.478 e. The summed E-state index contributed by atoms with van der Waals surface area (Å²) in [6.45, 7) is 1.85. The smallest absolute Gasteiger partial charge is 0.339 e. The number of nitrogens with zero attached hydrogens (tertiary/aromatic N) is 2. The van der Waals surface area contributed by atoms with E-state index in [4.69, 9.17) is 10.8 Å². The second kappa shape index (κ2) is 3.99. The number of hydrogen-bond donors (Lipinski definition) is 2. The van der Waals surface area contributed by atoms with Crippen LogP contribution in [-0.2, 0) is 4.79 Å². The number of nitrogen functional groups attached to an aromatic ring is 1. The lowest BCUT2D eigenvalue weighted by Gasteiger charge is -1.93. The normalized spacial score (nSPS) is 11.6. The van der Waals surface area contributed by atoms with E-state index < -0.39 is 5.97 Å². The van der Waals surface area contributed by atoms with Gasteiger partial charge in [-0.3, -0.25) is 0 Å². The summed E-state index contributed by atoms with van der Waals surface area (Å²) in [5.41, 5.74) is 5.44. The molecular weight excluding hydrogens is 190 g/mol. The van der Waals surface area contributed by atoms with Crippen molar-refractivity contribution in [1.82, 2.24) is 9.36 Å². The van der Waals surface area contributed by atoms with Gasteiger partial charge in [-0.15, -0.1) is 0 Å². The van der Waals surface area contributed by atoms with Gasteiger partial charge in [0.05, 0.1) is 0 Å². The number of anilines is 1. The standard InChI is InChI=1S/C7H9N3O2S/c1-2-3-4(6(11)12)5-9-7(8)13-10-5/h3H,2H2,1H3,(H,11,12)(H2,8,9,10)/b4-3-. The Morgan fingerprint density at radius 1 is 1.77 bits per heavy atom. The molecule has 0 spiro atoms. The summed E-state index contributed by atoms with van der Waals surface area (Å²) in [6, 6.07) is 0. The number of aromatic nitrogens is 2. The Morgan fingerprint density at radius 3 is 2.85 bits per heavy atom. The van der Waals surface area contributed by atoms with Crippen molar-refractivity contribution in [2.24, 2.45) is 0 Å². The van der Waals surface area contributed by atoms with Crippen LogP contribution >= 0.6 is 11.5 Å². The third kappa shape index (κ3) is 2.25. The molecule has 1 aromatic heterocycles. The SMILES string of the molecule is CC/C=C(\C(=O)O)c1nsc(N)n1. The fraction of sp³-hybridized carbons (Fsp3) is 0.286. The number of nitrogens with two attached hydrogens (primary N) is 1. The predicted molar refractivity (Wildman–Crippen MR) is 50.2 cm³/mol. The first-order valence-corrected chi connectivity index (χ1v) is 4.45.